The fourth-order valence-corrected chi connectivity index (χ4v) is 10.5. The average Bonchev–Trinajstić information content (AvgIpc) is 4.11. The molecule has 2 saturated carbocycles. The molecule has 1 aromatic heterocycles. The third-order valence-corrected chi connectivity index (χ3v) is 14.4. The second kappa shape index (κ2) is 16.0. The van der Waals surface area contributed by atoms with E-state index < -0.39 is 86.7 Å². The molecule has 310 valence electrons. The van der Waals surface area contributed by atoms with Gasteiger partial charge in [-0.15, -0.1) is 0 Å². The van der Waals surface area contributed by atoms with Crippen molar-refractivity contribution in [2.45, 2.75) is 133 Å². The van der Waals surface area contributed by atoms with E-state index in [1.165, 1.54) is 9.80 Å². The Labute approximate surface area is 333 Å². The van der Waals surface area contributed by atoms with Crippen LogP contribution in [0.4, 0.5) is 4.79 Å². The summed E-state index contributed by atoms with van der Waals surface area (Å²) in [6.07, 6.45) is 7.42. The number of allylic oxidation sites excluding steroid dienone is 1. The van der Waals surface area contributed by atoms with E-state index in [1.54, 1.807) is 25.3 Å². The first-order valence-corrected chi connectivity index (χ1v) is 22.0. The van der Waals surface area contributed by atoms with E-state index >= 15 is 4.79 Å². The number of aromatic nitrogens is 1. The molecule has 3 N–H and O–H groups in total. The summed E-state index contributed by atoms with van der Waals surface area (Å²) in [5, 5.41) is 14.4. The van der Waals surface area contributed by atoms with E-state index in [2.05, 4.69) is 21.9 Å². The molecule has 1 unspecified atom stereocenters. The Morgan fingerprint density at radius 2 is 1.81 bits per heavy atom. The predicted octanol–water partition coefficient (Wildman–Crippen LogP) is 4.78. The SMILES string of the molecule is CCC(CC)N(C(=O)O)[C@@H]1C(=O)N2C(C)[C@H](Oc3nccc4c5c(ccc34)OCCO5)C[C@H]2C(=O)N[C@]2(C(=O)NS(=O)(=O)C3CC3)C[C@H]2/C=C\CC[C@H](C)C[C@H]1C. The minimum absolute atomic E-state index is 0.00447. The Morgan fingerprint density at radius 1 is 1.07 bits per heavy atom. The van der Waals surface area contributed by atoms with Gasteiger partial charge < -0.3 is 29.5 Å². The number of fused-ring (bicyclic) bond motifs is 5. The summed E-state index contributed by atoms with van der Waals surface area (Å²) in [6.45, 7) is 10.3. The second-order valence-electron chi connectivity index (χ2n) is 16.6. The number of hydrogen-bond donors (Lipinski definition) is 3. The molecule has 8 atom stereocenters. The lowest BCUT2D eigenvalue weighted by atomic mass is 9.86. The van der Waals surface area contributed by atoms with E-state index in [0.29, 0.717) is 68.6 Å². The van der Waals surface area contributed by atoms with Crippen LogP contribution in [0.2, 0.25) is 0 Å². The molecule has 4 heterocycles. The zero-order chi connectivity index (χ0) is 40.8. The van der Waals surface area contributed by atoms with Crippen LogP contribution in [0.25, 0.3) is 10.8 Å². The number of carbonyl (C=O) groups is 4. The molecule has 0 bridgehead atoms. The number of carbonyl (C=O) groups excluding carboxylic acids is 3. The summed E-state index contributed by atoms with van der Waals surface area (Å²) >= 11 is 0. The number of nitrogens with zero attached hydrogens (tertiary/aromatic N) is 3. The molecule has 2 aromatic rings. The van der Waals surface area contributed by atoms with Crippen LogP contribution >= 0.6 is 0 Å². The van der Waals surface area contributed by atoms with Crippen molar-refractivity contribution < 1.29 is 46.9 Å². The van der Waals surface area contributed by atoms with Crippen molar-refractivity contribution >= 4 is 44.6 Å². The fraction of sp³-hybridized carbons (Fsp3) is 0.634. The first kappa shape index (κ1) is 40.6. The van der Waals surface area contributed by atoms with Crippen LogP contribution in [0.15, 0.2) is 36.5 Å². The van der Waals surface area contributed by atoms with Crippen molar-refractivity contribution in [3.63, 3.8) is 0 Å². The highest BCUT2D eigenvalue weighted by Gasteiger charge is 2.62. The fourth-order valence-electron chi connectivity index (χ4n) is 9.17. The van der Waals surface area contributed by atoms with E-state index in [0.717, 1.165) is 11.8 Å². The Bertz CT molecular complexity index is 2040. The highest BCUT2D eigenvalue weighted by atomic mass is 32.2. The minimum Gasteiger partial charge on any atom is -0.486 e. The molecular formula is C41H55N5O10S. The highest BCUT2D eigenvalue weighted by molar-refractivity contribution is 7.91. The van der Waals surface area contributed by atoms with Crippen LogP contribution in [-0.4, -0.2) is 106 Å². The molecule has 7 rings (SSSR count). The summed E-state index contributed by atoms with van der Waals surface area (Å²) in [6, 6.07) is 1.87. The van der Waals surface area contributed by atoms with Crippen LogP contribution in [0.1, 0.15) is 92.4 Å². The smallest absolute Gasteiger partial charge is 0.408 e. The van der Waals surface area contributed by atoms with Gasteiger partial charge in [0.25, 0.3) is 5.91 Å². The van der Waals surface area contributed by atoms with Gasteiger partial charge in [-0.1, -0.05) is 39.8 Å². The van der Waals surface area contributed by atoms with Crippen LogP contribution < -0.4 is 24.2 Å². The van der Waals surface area contributed by atoms with Crippen molar-refractivity contribution in [1.29, 1.82) is 0 Å². The number of ether oxygens (including phenoxy) is 3. The summed E-state index contributed by atoms with van der Waals surface area (Å²) < 4.78 is 46.5. The van der Waals surface area contributed by atoms with E-state index in [9.17, 15) is 27.9 Å². The number of rotatable bonds is 9. The summed E-state index contributed by atoms with van der Waals surface area (Å²) in [5.74, 6) is -1.34. The molecule has 3 aliphatic heterocycles. The topological polar surface area (TPSA) is 194 Å². The lowest BCUT2D eigenvalue weighted by Gasteiger charge is -2.42. The van der Waals surface area contributed by atoms with Crippen molar-refractivity contribution in [2.24, 2.45) is 17.8 Å². The molecule has 2 aliphatic carbocycles. The van der Waals surface area contributed by atoms with Crippen LogP contribution in [0, 0.1) is 17.8 Å². The van der Waals surface area contributed by atoms with E-state index in [-0.39, 0.29) is 24.6 Å². The first-order chi connectivity index (χ1) is 27.2. The molecule has 15 nitrogen and oxygen atoms in total. The monoisotopic (exact) mass is 809 g/mol. The first-order valence-electron chi connectivity index (χ1n) is 20.4. The molecule has 3 fully saturated rings. The number of benzene rings is 1. The minimum atomic E-state index is -3.93. The van der Waals surface area contributed by atoms with Crippen LogP contribution in [0.3, 0.4) is 0 Å². The molecule has 57 heavy (non-hydrogen) atoms. The molecule has 5 aliphatic rings. The summed E-state index contributed by atoms with van der Waals surface area (Å²) in [7, 11) is -3.93. The summed E-state index contributed by atoms with van der Waals surface area (Å²) in [5.41, 5.74) is -1.55. The van der Waals surface area contributed by atoms with Gasteiger partial charge in [0.05, 0.1) is 11.3 Å². The average molecular weight is 810 g/mol. The third-order valence-electron chi connectivity index (χ3n) is 12.6. The zero-order valence-electron chi connectivity index (χ0n) is 33.3. The van der Waals surface area contributed by atoms with Crippen molar-refractivity contribution in [1.82, 2.24) is 24.8 Å². The molecule has 1 saturated heterocycles. The maximum atomic E-state index is 15.3. The van der Waals surface area contributed by atoms with Gasteiger partial charge in [-0.05, 0) is 88.3 Å². The number of nitrogens with one attached hydrogen (secondary N) is 2. The highest BCUT2D eigenvalue weighted by Crippen LogP contribution is 2.47. The number of amides is 4. The number of pyridine rings is 1. The van der Waals surface area contributed by atoms with Crippen molar-refractivity contribution in [2.75, 3.05) is 13.2 Å². The molecule has 1 aromatic carbocycles. The Balaban J connectivity index is 1.29. The molecule has 4 amide bonds. The van der Waals surface area contributed by atoms with Gasteiger partial charge in [-0.2, -0.15) is 0 Å². The number of carboxylic acid groups (broad SMARTS) is 1. The van der Waals surface area contributed by atoms with Gasteiger partial charge in [0.2, 0.25) is 27.7 Å². The second-order valence-corrected chi connectivity index (χ2v) is 18.5. The van der Waals surface area contributed by atoms with Crippen molar-refractivity contribution in [3.05, 3.63) is 36.5 Å². The predicted molar refractivity (Wildman–Crippen MR) is 210 cm³/mol. The normalized spacial score (nSPS) is 31.0. The lowest BCUT2D eigenvalue weighted by Crippen LogP contribution is -2.62. The molecular weight excluding hydrogens is 755 g/mol. The maximum absolute atomic E-state index is 15.3. The zero-order valence-corrected chi connectivity index (χ0v) is 34.1. The van der Waals surface area contributed by atoms with Crippen molar-refractivity contribution in [3.8, 4) is 17.4 Å². The molecule has 0 spiro atoms. The third kappa shape index (κ3) is 7.85. The molecule has 0 radical (unpaired) electrons. The Kier molecular flexibility index (Phi) is 11.4. The standard InChI is InChI=1S/C41H55N5O10S/c1-6-27(7-2)46(40(50)51)34-24(4)20-23(3)10-8-9-11-26-22-41(26,39(49)44-57(52,53)28-12-13-28)43-36(47)31-21-33(25(5)45(31)38(34)48)56-37-30-14-15-32-35(55-19-18-54-32)29(30)16-17-42-37/h9,11,14-17,23-28,31,33-34H,6-8,10,12-13,18-22H2,1-5H3,(H,43,47)(H,44,49)(H,50,51)/b11-9-/t23-,24+,25?,26+,31-,33+,34-,41+/m0/s1. The van der Waals surface area contributed by atoms with Gasteiger partial charge in [-0.25, -0.2) is 18.2 Å². The van der Waals surface area contributed by atoms with Crippen LogP contribution in [-0.2, 0) is 24.4 Å². The van der Waals surface area contributed by atoms with E-state index in [1.807, 2.05) is 39.0 Å². The quantitative estimate of drug-likeness (QED) is 0.296. The maximum Gasteiger partial charge on any atom is 0.408 e. The Morgan fingerprint density at radius 3 is 2.51 bits per heavy atom. The van der Waals surface area contributed by atoms with Gasteiger partial charge >= 0.3 is 6.09 Å². The van der Waals surface area contributed by atoms with E-state index in [4.69, 9.17) is 14.2 Å². The lowest BCUT2D eigenvalue weighted by molar-refractivity contribution is -0.147. The molecule has 16 heteroatoms. The summed E-state index contributed by atoms with van der Waals surface area (Å²) in [4.78, 5) is 64.4. The van der Waals surface area contributed by atoms with Gasteiger partial charge in [0, 0.05) is 35.3 Å². The number of hydrogen-bond acceptors (Lipinski definition) is 10. The van der Waals surface area contributed by atoms with Gasteiger partial charge in [0.15, 0.2) is 11.5 Å². The Hall–Kier alpha value is -4.60. The van der Waals surface area contributed by atoms with Gasteiger partial charge in [0.1, 0.15) is 36.9 Å². The van der Waals surface area contributed by atoms with Crippen LogP contribution in [0.5, 0.6) is 17.4 Å². The largest absolute Gasteiger partial charge is 0.486 e. The van der Waals surface area contributed by atoms with Gasteiger partial charge in [-0.3, -0.25) is 24.0 Å². The number of sulfonamides is 1.